The van der Waals surface area contributed by atoms with E-state index in [1.807, 2.05) is 36.4 Å². The third kappa shape index (κ3) is 4.57. The van der Waals surface area contributed by atoms with Crippen LogP contribution in [0.15, 0.2) is 72.1 Å². The molecular formula is C29H25N5O6. The van der Waals surface area contributed by atoms with Crippen LogP contribution in [0.2, 0.25) is 0 Å². The molecule has 0 amide bonds. The molecule has 0 spiro atoms. The summed E-state index contributed by atoms with van der Waals surface area (Å²) in [6.45, 7) is 0.0404. The fourth-order valence-electron chi connectivity index (χ4n) is 4.68. The van der Waals surface area contributed by atoms with Gasteiger partial charge in [0.1, 0.15) is 23.6 Å². The predicted molar refractivity (Wildman–Crippen MR) is 145 cm³/mol. The fraction of sp³-hybridized carbons (Fsp3) is 0.172. The molecule has 0 fully saturated rings. The lowest BCUT2D eigenvalue weighted by atomic mass is 9.84. The lowest BCUT2D eigenvalue weighted by Gasteiger charge is -2.28. The summed E-state index contributed by atoms with van der Waals surface area (Å²) < 4.78 is 23.6. The zero-order valence-corrected chi connectivity index (χ0v) is 21.9. The van der Waals surface area contributed by atoms with E-state index in [-0.39, 0.29) is 18.3 Å². The van der Waals surface area contributed by atoms with Gasteiger partial charge in [-0.1, -0.05) is 23.4 Å². The first-order valence-electron chi connectivity index (χ1n) is 12.3. The summed E-state index contributed by atoms with van der Waals surface area (Å²) >= 11 is 0. The largest absolute Gasteiger partial charge is 0.508 e. The number of phenolic OH excluding ortho intramolecular Hbond substituents is 1. The monoisotopic (exact) mass is 539 g/mol. The standard InChI is InChI=1S/C29H25N5O6/c1-36-20-8-5-18(6-9-20)26-21-10-7-19(35)13-23(21)40-29-27(26)28-32-25(33-34(28)16-30-29)15-39-31-14-17-4-11-22(37-2)24(12-17)38-3/h4-14,16,26,35H,15H2,1-3H3. The minimum atomic E-state index is -0.275. The van der Waals surface area contributed by atoms with Crippen molar-refractivity contribution in [3.63, 3.8) is 0 Å². The maximum absolute atomic E-state index is 10.1. The number of methoxy groups -OCH3 is 3. The van der Waals surface area contributed by atoms with Gasteiger partial charge in [-0.05, 0) is 42.0 Å². The molecule has 0 bridgehead atoms. The Balaban J connectivity index is 1.31. The van der Waals surface area contributed by atoms with Crippen molar-refractivity contribution in [1.29, 1.82) is 0 Å². The van der Waals surface area contributed by atoms with Crippen molar-refractivity contribution in [2.75, 3.05) is 21.3 Å². The van der Waals surface area contributed by atoms with Crippen LogP contribution in [0.25, 0.3) is 5.65 Å². The molecular weight excluding hydrogens is 514 g/mol. The molecule has 5 aromatic rings. The molecule has 3 aromatic carbocycles. The van der Waals surface area contributed by atoms with Crippen molar-refractivity contribution in [2.24, 2.45) is 5.16 Å². The zero-order chi connectivity index (χ0) is 27.6. The van der Waals surface area contributed by atoms with Crippen molar-refractivity contribution >= 4 is 11.9 Å². The van der Waals surface area contributed by atoms with Gasteiger partial charge in [-0.25, -0.2) is 14.5 Å². The normalized spacial score (nSPS) is 13.9. The minimum Gasteiger partial charge on any atom is -0.508 e. The van der Waals surface area contributed by atoms with Crippen molar-refractivity contribution in [3.8, 4) is 34.6 Å². The van der Waals surface area contributed by atoms with Crippen molar-refractivity contribution in [2.45, 2.75) is 12.5 Å². The van der Waals surface area contributed by atoms with Crippen LogP contribution in [-0.2, 0) is 11.4 Å². The summed E-state index contributed by atoms with van der Waals surface area (Å²) in [5.74, 6) is 3.13. The molecule has 0 aliphatic carbocycles. The molecule has 11 nitrogen and oxygen atoms in total. The molecule has 3 heterocycles. The lowest BCUT2D eigenvalue weighted by Crippen LogP contribution is -2.15. The number of rotatable bonds is 8. The maximum Gasteiger partial charge on any atom is 0.228 e. The number of oxime groups is 1. The first kappa shape index (κ1) is 25.0. The van der Waals surface area contributed by atoms with Crippen LogP contribution < -0.4 is 18.9 Å². The van der Waals surface area contributed by atoms with Crippen LogP contribution in [0.5, 0.6) is 34.6 Å². The van der Waals surface area contributed by atoms with Gasteiger partial charge in [0.05, 0.1) is 33.1 Å². The van der Waals surface area contributed by atoms with E-state index in [9.17, 15) is 5.11 Å². The molecule has 11 heteroatoms. The molecule has 40 heavy (non-hydrogen) atoms. The predicted octanol–water partition coefficient (Wildman–Crippen LogP) is 4.69. The van der Waals surface area contributed by atoms with Gasteiger partial charge in [0.2, 0.25) is 5.88 Å². The maximum atomic E-state index is 10.1. The molecule has 0 radical (unpaired) electrons. The van der Waals surface area contributed by atoms with E-state index in [4.69, 9.17) is 28.8 Å². The van der Waals surface area contributed by atoms with Crippen molar-refractivity contribution in [3.05, 3.63) is 95.1 Å². The first-order valence-corrected chi connectivity index (χ1v) is 12.3. The molecule has 1 atom stereocenters. The number of hydrogen-bond donors (Lipinski definition) is 1. The number of benzene rings is 3. The van der Waals surface area contributed by atoms with E-state index < -0.39 is 0 Å². The second kappa shape index (κ2) is 10.4. The Labute approximate surface area is 229 Å². The number of hydrogen-bond acceptors (Lipinski definition) is 10. The Morgan fingerprint density at radius 1 is 0.975 bits per heavy atom. The molecule has 1 unspecified atom stereocenters. The minimum absolute atomic E-state index is 0.0404. The van der Waals surface area contributed by atoms with E-state index in [1.54, 1.807) is 56.3 Å². The van der Waals surface area contributed by atoms with Gasteiger partial charge in [-0.15, -0.1) is 5.10 Å². The number of aromatic nitrogens is 4. The van der Waals surface area contributed by atoms with Crippen molar-refractivity contribution in [1.82, 2.24) is 19.6 Å². The Bertz CT molecular complexity index is 1720. The average molecular weight is 540 g/mol. The summed E-state index contributed by atoms with van der Waals surface area (Å²) in [6, 6.07) is 18.3. The summed E-state index contributed by atoms with van der Waals surface area (Å²) in [4.78, 5) is 14.7. The average Bonchev–Trinajstić information content (AvgIpc) is 3.41. The zero-order valence-electron chi connectivity index (χ0n) is 21.9. The fourth-order valence-corrected chi connectivity index (χ4v) is 4.68. The van der Waals surface area contributed by atoms with E-state index in [2.05, 4.69) is 15.2 Å². The van der Waals surface area contributed by atoms with Crippen LogP contribution in [-0.4, -0.2) is 52.2 Å². The third-order valence-electron chi connectivity index (χ3n) is 6.56. The second-order valence-corrected chi connectivity index (χ2v) is 8.91. The lowest BCUT2D eigenvalue weighted by molar-refractivity contribution is 0.126. The molecule has 202 valence electrons. The van der Waals surface area contributed by atoms with Gasteiger partial charge >= 0.3 is 0 Å². The summed E-state index contributed by atoms with van der Waals surface area (Å²) in [6.07, 6.45) is 3.11. The SMILES string of the molecule is COc1ccc(C2c3ccc(O)cc3Oc3ncn4nc(CON=Cc5ccc(OC)c(OC)c5)nc4c32)cc1. The molecule has 2 aromatic heterocycles. The number of aromatic hydroxyl groups is 1. The highest BCUT2D eigenvalue weighted by atomic mass is 16.6. The highest BCUT2D eigenvalue weighted by molar-refractivity contribution is 5.80. The van der Waals surface area contributed by atoms with E-state index >= 15 is 0 Å². The summed E-state index contributed by atoms with van der Waals surface area (Å²) in [5.41, 5.74) is 3.95. The summed E-state index contributed by atoms with van der Waals surface area (Å²) in [7, 11) is 4.78. The highest BCUT2D eigenvalue weighted by Crippen LogP contribution is 2.48. The van der Waals surface area contributed by atoms with Crippen molar-refractivity contribution < 1.29 is 28.9 Å². The Kier molecular flexibility index (Phi) is 6.52. The van der Waals surface area contributed by atoms with Gasteiger partial charge in [0.15, 0.2) is 29.6 Å². The quantitative estimate of drug-likeness (QED) is 0.217. The smallest absolute Gasteiger partial charge is 0.228 e. The second-order valence-electron chi connectivity index (χ2n) is 8.91. The van der Waals surface area contributed by atoms with Crippen LogP contribution in [0.1, 0.15) is 34.0 Å². The van der Waals surface area contributed by atoms with Crippen LogP contribution >= 0.6 is 0 Å². The molecule has 0 saturated heterocycles. The third-order valence-corrected chi connectivity index (χ3v) is 6.56. The number of ether oxygens (including phenoxy) is 4. The van der Waals surface area contributed by atoms with Crippen LogP contribution in [0, 0.1) is 0 Å². The number of nitrogens with zero attached hydrogens (tertiary/aromatic N) is 5. The van der Waals surface area contributed by atoms with Crippen LogP contribution in [0.4, 0.5) is 0 Å². The van der Waals surface area contributed by atoms with Gasteiger partial charge in [0.25, 0.3) is 0 Å². The van der Waals surface area contributed by atoms with E-state index in [1.165, 1.54) is 6.33 Å². The Hall–Kier alpha value is -5.32. The van der Waals surface area contributed by atoms with E-state index in [0.717, 1.165) is 28.0 Å². The van der Waals surface area contributed by atoms with Gasteiger partial charge in [-0.2, -0.15) is 0 Å². The van der Waals surface area contributed by atoms with E-state index in [0.29, 0.717) is 34.6 Å². The molecule has 1 aliphatic heterocycles. The van der Waals surface area contributed by atoms with Gasteiger partial charge in [-0.3, -0.25) is 0 Å². The molecule has 1 N–H and O–H groups in total. The van der Waals surface area contributed by atoms with Gasteiger partial charge in [0, 0.05) is 23.1 Å². The van der Waals surface area contributed by atoms with Gasteiger partial charge < -0.3 is 28.9 Å². The molecule has 0 saturated carbocycles. The Morgan fingerprint density at radius 2 is 1.80 bits per heavy atom. The highest BCUT2D eigenvalue weighted by Gasteiger charge is 2.33. The number of phenols is 1. The Morgan fingerprint density at radius 3 is 2.58 bits per heavy atom. The topological polar surface area (TPSA) is 122 Å². The van der Waals surface area contributed by atoms with Crippen LogP contribution in [0.3, 0.4) is 0 Å². The number of fused-ring (bicyclic) bond motifs is 4. The first-order chi connectivity index (χ1) is 19.6. The summed E-state index contributed by atoms with van der Waals surface area (Å²) in [5, 5.41) is 18.7. The molecule has 6 rings (SSSR count). The molecule has 1 aliphatic rings.